The number of hydrogen-bond acceptors (Lipinski definition) is 4. The van der Waals surface area contributed by atoms with Crippen LogP contribution in [-0.4, -0.2) is 12.5 Å². The lowest BCUT2D eigenvalue weighted by Gasteiger charge is -2.08. The van der Waals surface area contributed by atoms with Crippen molar-refractivity contribution in [2.24, 2.45) is 0 Å². The maximum atomic E-state index is 12.3. The summed E-state index contributed by atoms with van der Waals surface area (Å²) in [7, 11) is 0. The summed E-state index contributed by atoms with van der Waals surface area (Å²) in [5.74, 6) is 0.448. The Kier molecular flexibility index (Phi) is 7.01. The van der Waals surface area contributed by atoms with Crippen molar-refractivity contribution in [2.75, 3.05) is 11.9 Å². The molecule has 1 aliphatic carbocycles. The highest BCUT2D eigenvalue weighted by molar-refractivity contribution is 7.16. The van der Waals surface area contributed by atoms with Gasteiger partial charge in [0.05, 0.1) is 17.2 Å². The van der Waals surface area contributed by atoms with Crippen molar-refractivity contribution in [3.05, 3.63) is 44.2 Å². The quantitative estimate of drug-likeness (QED) is 0.458. The molecule has 1 amide bonds. The van der Waals surface area contributed by atoms with E-state index in [1.54, 1.807) is 29.5 Å². The minimum atomic E-state index is -0.103. The smallest absolute Gasteiger partial charge is 0.225 e. The summed E-state index contributed by atoms with van der Waals surface area (Å²) in [6.45, 7) is 0.376. The van der Waals surface area contributed by atoms with Crippen LogP contribution in [0, 0.1) is 11.3 Å². The van der Waals surface area contributed by atoms with Gasteiger partial charge in [-0.15, -0.1) is 11.3 Å². The lowest BCUT2D eigenvalue weighted by Crippen LogP contribution is -2.13. The number of nitrogens with one attached hydrogen (secondary N) is 1. The van der Waals surface area contributed by atoms with Crippen LogP contribution in [0.4, 0.5) is 5.00 Å². The molecule has 1 aliphatic rings. The highest BCUT2D eigenvalue weighted by atomic mass is 35.5. The van der Waals surface area contributed by atoms with E-state index in [0.29, 0.717) is 45.8 Å². The standard InChI is InChI=1S/C20H20Cl2N2O2S/c21-13-8-9-17(16(22)11-13)26-10-4-7-19(25)24-20-15(12-23)14-5-2-1-3-6-18(14)27-20/h8-9,11H,1-7,10H2,(H,24,25). The fourth-order valence-electron chi connectivity index (χ4n) is 3.15. The molecule has 1 heterocycles. The zero-order chi connectivity index (χ0) is 19.2. The van der Waals surface area contributed by atoms with Crippen LogP contribution < -0.4 is 10.1 Å². The van der Waals surface area contributed by atoms with Gasteiger partial charge in [-0.05, 0) is 55.9 Å². The molecule has 3 rings (SSSR count). The number of amides is 1. The van der Waals surface area contributed by atoms with Crippen LogP contribution in [0.15, 0.2) is 18.2 Å². The Morgan fingerprint density at radius 3 is 2.85 bits per heavy atom. The van der Waals surface area contributed by atoms with Gasteiger partial charge >= 0.3 is 0 Å². The minimum absolute atomic E-state index is 0.103. The predicted molar refractivity (Wildman–Crippen MR) is 110 cm³/mol. The van der Waals surface area contributed by atoms with Crippen LogP contribution in [0.3, 0.4) is 0 Å². The maximum Gasteiger partial charge on any atom is 0.225 e. The summed E-state index contributed by atoms with van der Waals surface area (Å²) in [5, 5.41) is 14.1. The number of rotatable bonds is 6. The number of carbonyl (C=O) groups excluding carboxylic acids is 1. The van der Waals surface area contributed by atoms with Crippen molar-refractivity contribution in [2.45, 2.75) is 44.9 Å². The Morgan fingerprint density at radius 1 is 1.26 bits per heavy atom. The molecule has 0 bridgehead atoms. The maximum absolute atomic E-state index is 12.3. The molecule has 1 aromatic heterocycles. The van der Waals surface area contributed by atoms with Crippen LogP contribution in [-0.2, 0) is 17.6 Å². The number of nitriles is 1. The van der Waals surface area contributed by atoms with Gasteiger partial charge in [-0.25, -0.2) is 0 Å². The van der Waals surface area contributed by atoms with Gasteiger partial charge in [-0.2, -0.15) is 5.26 Å². The SMILES string of the molecule is N#Cc1c(NC(=O)CCCOc2ccc(Cl)cc2Cl)sc2c1CCCCC2. The van der Waals surface area contributed by atoms with Gasteiger partial charge in [0, 0.05) is 16.3 Å². The summed E-state index contributed by atoms with van der Waals surface area (Å²) < 4.78 is 5.60. The number of fused-ring (bicyclic) bond motifs is 1. The molecule has 1 N–H and O–H groups in total. The van der Waals surface area contributed by atoms with E-state index >= 15 is 0 Å². The number of benzene rings is 1. The van der Waals surface area contributed by atoms with Crippen LogP contribution in [0.1, 0.15) is 48.1 Å². The molecule has 0 spiro atoms. The molecule has 0 saturated carbocycles. The molecule has 0 fully saturated rings. The van der Waals surface area contributed by atoms with Crippen molar-refractivity contribution in [1.82, 2.24) is 0 Å². The molecule has 0 atom stereocenters. The zero-order valence-electron chi connectivity index (χ0n) is 14.8. The van der Waals surface area contributed by atoms with E-state index < -0.39 is 0 Å². The fourth-order valence-corrected chi connectivity index (χ4v) is 4.86. The lowest BCUT2D eigenvalue weighted by molar-refractivity contribution is -0.116. The molecule has 0 unspecified atom stereocenters. The van der Waals surface area contributed by atoms with Crippen LogP contribution in [0.2, 0.25) is 10.0 Å². The van der Waals surface area contributed by atoms with Crippen molar-refractivity contribution in [1.29, 1.82) is 5.26 Å². The summed E-state index contributed by atoms with van der Waals surface area (Å²) in [6.07, 6.45) is 6.26. The molecule has 2 aromatic rings. The normalized spacial score (nSPS) is 13.4. The third-order valence-electron chi connectivity index (χ3n) is 4.49. The van der Waals surface area contributed by atoms with Crippen molar-refractivity contribution in [3.8, 4) is 11.8 Å². The van der Waals surface area contributed by atoms with Gasteiger partial charge in [0.1, 0.15) is 16.8 Å². The molecule has 7 heteroatoms. The third kappa shape index (κ3) is 5.16. The first-order chi connectivity index (χ1) is 13.1. The number of thiophene rings is 1. The van der Waals surface area contributed by atoms with Gasteiger partial charge in [0.15, 0.2) is 0 Å². The third-order valence-corrected chi connectivity index (χ3v) is 6.22. The second-order valence-corrected chi connectivity index (χ2v) is 8.40. The Morgan fingerprint density at radius 2 is 2.07 bits per heavy atom. The lowest BCUT2D eigenvalue weighted by atomic mass is 10.1. The molecule has 142 valence electrons. The first kappa shape index (κ1) is 20.0. The van der Waals surface area contributed by atoms with E-state index in [9.17, 15) is 10.1 Å². The monoisotopic (exact) mass is 422 g/mol. The molecule has 1 aromatic carbocycles. The molecular weight excluding hydrogens is 403 g/mol. The summed E-state index contributed by atoms with van der Waals surface area (Å²) >= 11 is 13.5. The van der Waals surface area contributed by atoms with Crippen molar-refractivity contribution < 1.29 is 9.53 Å². The molecule has 27 heavy (non-hydrogen) atoms. The summed E-state index contributed by atoms with van der Waals surface area (Å²) in [5.41, 5.74) is 1.78. The molecule has 0 radical (unpaired) electrons. The number of nitrogens with zero attached hydrogens (tertiary/aromatic N) is 1. The topological polar surface area (TPSA) is 62.1 Å². The Labute approximate surface area is 173 Å². The largest absolute Gasteiger partial charge is 0.492 e. The van der Waals surface area contributed by atoms with Gasteiger partial charge in [0.25, 0.3) is 0 Å². The molecule has 4 nitrogen and oxygen atoms in total. The number of carbonyl (C=O) groups is 1. The average molecular weight is 423 g/mol. The van der Waals surface area contributed by atoms with Crippen molar-refractivity contribution >= 4 is 45.4 Å². The van der Waals surface area contributed by atoms with Crippen LogP contribution >= 0.6 is 34.5 Å². The highest BCUT2D eigenvalue weighted by Crippen LogP contribution is 2.37. The van der Waals surface area contributed by atoms with E-state index in [1.165, 1.54) is 11.3 Å². The number of halogens is 2. The van der Waals surface area contributed by atoms with Crippen LogP contribution in [0.25, 0.3) is 0 Å². The van der Waals surface area contributed by atoms with Gasteiger partial charge in [-0.1, -0.05) is 29.6 Å². The number of aryl methyl sites for hydroxylation is 1. The Balaban J connectivity index is 1.52. The second-order valence-electron chi connectivity index (χ2n) is 6.46. The predicted octanol–water partition coefficient (Wildman–Crippen LogP) is 5.99. The molecule has 0 saturated heterocycles. The van der Waals surface area contributed by atoms with Gasteiger partial charge in [0.2, 0.25) is 5.91 Å². The number of hydrogen-bond donors (Lipinski definition) is 1. The Hall–Kier alpha value is -1.74. The van der Waals surface area contributed by atoms with E-state index in [1.807, 2.05) is 0 Å². The zero-order valence-corrected chi connectivity index (χ0v) is 17.1. The van der Waals surface area contributed by atoms with Gasteiger partial charge in [-0.3, -0.25) is 4.79 Å². The molecule has 0 aliphatic heterocycles. The van der Waals surface area contributed by atoms with E-state index in [0.717, 1.165) is 31.2 Å². The number of anilines is 1. The van der Waals surface area contributed by atoms with E-state index in [-0.39, 0.29) is 5.91 Å². The molecular formula is C20H20Cl2N2O2S. The van der Waals surface area contributed by atoms with Crippen LogP contribution in [0.5, 0.6) is 5.75 Å². The average Bonchev–Trinajstić information content (AvgIpc) is 2.79. The van der Waals surface area contributed by atoms with E-state index in [2.05, 4.69) is 11.4 Å². The number of ether oxygens (including phenoxy) is 1. The van der Waals surface area contributed by atoms with Crippen molar-refractivity contribution in [3.63, 3.8) is 0 Å². The Bertz CT molecular complexity index is 874. The fraction of sp³-hybridized carbons (Fsp3) is 0.400. The second kappa shape index (κ2) is 9.45. The van der Waals surface area contributed by atoms with Gasteiger partial charge < -0.3 is 10.1 Å². The first-order valence-corrected chi connectivity index (χ1v) is 10.6. The highest BCUT2D eigenvalue weighted by Gasteiger charge is 2.20. The summed E-state index contributed by atoms with van der Waals surface area (Å²) in [6, 6.07) is 7.32. The van der Waals surface area contributed by atoms with E-state index in [4.69, 9.17) is 27.9 Å². The minimum Gasteiger partial charge on any atom is -0.492 e. The first-order valence-electron chi connectivity index (χ1n) is 9.01. The summed E-state index contributed by atoms with van der Waals surface area (Å²) in [4.78, 5) is 13.5.